The molecular weight excluding hydrogens is 196 g/mol. The lowest BCUT2D eigenvalue weighted by atomic mass is 9.81. The average molecular weight is 212 g/mol. The zero-order valence-corrected chi connectivity index (χ0v) is 9.16. The van der Waals surface area contributed by atoms with Gasteiger partial charge in [0.1, 0.15) is 0 Å². The molecule has 1 saturated heterocycles. The Hall–Kier alpha value is -1.28. The van der Waals surface area contributed by atoms with Crippen LogP contribution in [0.15, 0.2) is 48.9 Å². The van der Waals surface area contributed by atoms with Crippen molar-refractivity contribution in [3.8, 4) is 0 Å². The molecule has 1 N–H and O–H groups in total. The molecule has 3 aliphatic heterocycles. The lowest BCUT2D eigenvalue weighted by Crippen LogP contribution is -2.47. The van der Waals surface area contributed by atoms with Crippen LogP contribution in [-0.2, 0) is 0 Å². The van der Waals surface area contributed by atoms with Crippen molar-refractivity contribution in [2.24, 2.45) is 11.8 Å². The first kappa shape index (κ1) is 8.82. The molecule has 5 unspecified atom stereocenters. The summed E-state index contributed by atoms with van der Waals surface area (Å²) in [5.41, 5.74) is 0. The van der Waals surface area contributed by atoms with Crippen LogP contribution in [0.25, 0.3) is 0 Å². The zero-order valence-electron chi connectivity index (χ0n) is 9.16. The van der Waals surface area contributed by atoms with Crippen molar-refractivity contribution < 1.29 is 0 Å². The van der Waals surface area contributed by atoms with Crippen molar-refractivity contribution in [1.82, 2.24) is 10.2 Å². The monoisotopic (exact) mass is 212 g/mol. The van der Waals surface area contributed by atoms with Gasteiger partial charge >= 0.3 is 0 Å². The second kappa shape index (κ2) is 3.11. The van der Waals surface area contributed by atoms with Crippen LogP contribution in [0.3, 0.4) is 0 Å². The van der Waals surface area contributed by atoms with E-state index in [1.165, 1.54) is 6.42 Å². The van der Waals surface area contributed by atoms with E-state index in [9.17, 15) is 0 Å². The number of allylic oxidation sites excluding steroid dienone is 2. The minimum absolute atomic E-state index is 0.546. The molecule has 2 heteroatoms. The molecule has 1 aliphatic carbocycles. The number of hydrogen-bond donors (Lipinski definition) is 1. The highest BCUT2D eigenvalue weighted by atomic mass is 15.2. The van der Waals surface area contributed by atoms with Gasteiger partial charge in [0.05, 0.1) is 6.04 Å². The summed E-state index contributed by atoms with van der Waals surface area (Å²) >= 11 is 0. The van der Waals surface area contributed by atoms with E-state index in [2.05, 4.69) is 59.1 Å². The van der Waals surface area contributed by atoms with Crippen LogP contribution in [0.4, 0.5) is 0 Å². The summed E-state index contributed by atoms with van der Waals surface area (Å²) in [6.07, 6.45) is 19.4. The number of rotatable bonds is 0. The normalized spacial score (nSPS) is 47.0. The molecule has 0 aromatic carbocycles. The largest absolute Gasteiger partial charge is 0.350 e. The predicted octanol–water partition coefficient (Wildman–Crippen LogP) is 1.80. The molecule has 16 heavy (non-hydrogen) atoms. The molecule has 1 fully saturated rings. The van der Waals surface area contributed by atoms with Crippen molar-refractivity contribution in [2.45, 2.75) is 24.5 Å². The number of nitrogens with zero attached hydrogens (tertiary/aromatic N) is 1. The molecule has 0 spiro atoms. The number of fused-ring (bicyclic) bond motifs is 5. The van der Waals surface area contributed by atoms with Gasteiger partial charge in [-0.2, -0.15) is 0 Å². The summed E-state index contributed by atoms with van der Waals surface area (Å²) < 4.78 is 0. The van der Waals surface area contributed by atoms with Gasteiger partial charge in [0.2, 0.25) is 0 Å². The van der Waals surface area contributed by atoms with Crippen molar-refractivity contribution in [1.29, 1.82) is 0 Å². The van der Waals surface area contributed by atoms with Crippen LogP contribution in [0.5, 0.6) is 0 Å². The summed E-state index contributed by atoms with van der Waals surface area (Å²) in [7, 11) is 0. The summed E-state index contributed by atoms with van der Waals surface area (Å²) in [6.45, 7) is 0. The standard InChI is InChI=1S/C14H16N2/c1-2-5-12-10(4-1)11-7-9-16-8-3-6-13(16)14(11)15-12/h1-5,7-15H,6H2. The van der Waals surface area contributed by atoms with Gasteiger partial charge in [0.25, 0.3) is 0 Å². The van der Waals surface area contributed by atoms with Crippen molar-refractivity contribution in [2.75, 3.05) is 0 Å². The molecule has 0 amide bonds. The molecule has 4 aliphatic rings. The maximum absolute atomic E-state index is 3.80. The van der Waals surface area contributed by atoms with Gasteiger partial charge in [-0.25, -0.2) is 0 Å². The Morgan fingerprint density at radius 1 is 1.00 bits per heavy atom. The van der Waals surface area contributed by atoms with Gasteiger partial charge < -0.3 is 10.2 Å². The van der Waals surface area contributed by atoms with Gasteiger partial charge in [-0.15, -0.1) is 0 Å². The Morgan fingerprint density at radius 2 is 1.94 bits per heavy atom. The zero-order chi connectivity index (χ0) is 10.5. The average Bonchev–Trinajstić information content (AvgIpc) is 2.92. The SMILES string of the molecule is C1=CC2NC3C(C=CN4C=CCC34)C2C=C1. The fourth-order valence-corrected chi connectivity index (χ4v) is 3.59. The Balaban J connectivity index is 1.70. The Bertz CT molecular complexity index is 418. The van der Waals surface area contributed by atoms with Crippen LogP contribution in [0, 0.1) is 11.8 Å². The molecule has 5 atom stereocenters. The summed E-state index contributed by atoms with van der Waals surface area (Å²) in [5, 5.41) is 3.80. The molecule has 0 radical (unpaired) electrons. The molecule has 0 bridgehead atoms. The molecule has 0 aromatic heterocycles. The molecule has 4 rings (SSSR count). The molecule has 82 valence electrons. The highest BCUT2D eigenvalue weighted by Crippen LogP contribution is 2.39. The van der Waals surface area contributed by atoms with Crippen LogP contribution >= 0.6 is 0 Å². The van der Waals surface area contributed by atoms with Gasteiger partial charge in [0, 0.05) is 30.1 Å². The fourth-order valence-electron chi connectivity index (χ4n) is 3.59. The van der Waals surface area contributed by atoms with E-state index in [4.69, 9.17) is 0 Å². The maximum atomic E-state index is 3.80. The maximum Gasteiger partial charge on any atom is 0.0524 e. The second-order valence-corrected chi connectivity index (χ2v) is 5.12. The van der Waals surface area contributed by atoms with Gasteiger partial charge in [-0.05, 0) is 12.6 Å². The van der Waals surface area contributed by atoms with Gasteiger partial charge in [0.15, 0.2) is 0 Å². The first-order chi connectivity index (χ1) is 7.93. The summed E-state index contributed by atoms with van der Waals surface area (Å²) in [6, 6.07) is 1.80. The minimum Gasteiger partial charge on any atom is -0.350 e. The predicted molar refractivity (Wildman–Crippen MR) is 64.5 cm³/mol. The van der Waals surface area contributed by atoms with Crippen LogP contribution in [-0.4, -0.2) is 23.0 Å². The Kier molecular flexibility index (Phi) is 1.71. The van der Waals surface area contributed by atoms with E-state index in [1.54, 1.807) is 0 Å². The molecule has 0 aromatic rings. The topological polar surface area (TPSA) is 15.3 Å². The number of nitrogens with one attached hydrogen (secondary N) is 1. The third kappa shape index (κ3) is 1.05. The Labute approximate surface area is 96.0 Å². The van der Waals surface area contributed by atoms with Crippen molar-refractivity contribution in [3.05, 3.63) is 48.9 Å². The third-order valence-corrected chi connectivity index (χ3v) is 4.35. The van der Waals surface area contributed by atoms with Gasteiger partial charge in [-0.3, -0.25) is 0 Å². The second-order valence-electron chi connectivity index (χ2n) is 5.12. The molecule has 0 saturated carbocycles. The quantitative estimate of drug-likeness (QED) is 0.658. The van der Waals surface area contributed by atoms with Crippen molar-refractivity contribution in [3.63, 3.8) is 0 Å². The van der Waals surface area contributed by atoms with E-state index in [0.29, 0.717) is 30.0 Å². The summed E-state index contributed by atoms with van der Waals surface area (Å²) in [4.78, 5) is 2.36. The lowest BCUT2D eigenvalue weighted by Gasteiger charge is -2.35. The van der Waals surface area contributed by atoms with Crippen LogP contribution in [0.1, 0.15) is 6.42 Å². The fraction of sp³-hybridized carbons (Fsp3) is 0.429. The van der Waals surface area contributed by atoms with Crippen molar-refractivity contribution >= 4 is 0 Å². The smallest absolute Gasteiger partial charge is 0.0524 e. The Morgan fingerprint density at radius 3 is 2.94 bits per heavy atom. The van der Waals surface area contributed by atoms with E-state index in [0.717, 1.165) is 0 Å². The number of hydrogen-bond acceptors (Lipinski definition) is 2. The first-order valence-electron chi connectivity index (χ1n) is 6.17. The highest BCUT2D eigenvalue weighted by Gasteiger charge is 2.46. The lowest BCUT2D eigenvalue weighted by molar-refractivity contribution is 0.261. The minimum atomic E-state index is 0.546. The van der Waals surface area contributed by atoms with E-state index in [-0.39, 0.29) is 0 Å². The summed E-state index contributed by atoms with van der Waals surface area (Å²) in [5.74, 6) is 1.33. The molecular formula is C14H16N2. The van der Waals surface area contributed by atoms with E-state index < -0.39 is 0 Å². The first-order valence-corrected chi connectivity index (χ1v) is 6.17. The van der Waals surface area contributed by atoms with Crippen LogP contribution < -0.4 is 5.32 Å². The molecule has 3 heterocycles. The molecule has 2 nitrogen and oxygen atoms in total. The third-order valence-electron chi connectivity index (χ3n) is 4.35. The van der Waals surface area contributed by atoms with Crippen LogP contribution in [0.2, 0.25) is 0 Å². The highest BCUT2D eigenvalue weighted by molar-refractivity contribution is 5.28. The van der Waals surface area contributed by atoms with Gasteiger partial charge in [-0.1, -0.05) is 36.5 Å². The van der Waals surface area contributed by atoms with E-state index in [1.807, 2.05) is 0 Å². The van der Waals surface area contributed by atoms with E-state index >= 15 is 0 Å².